The lowest BCUT2D eigenvalue weighted by atomic mass is 9.67. The predicted octanol–water partition coefficient (Wildman–Crippen LogP) is 2.61. The molecule has 3 heteroatoms. The first-order chi connectivity index (χ1) is 10.3. The molecule has 0 aromatic heterocycles. The summed E-state index contributed by atoms with van der Waals surface area (Å²) in [7, 11) is 0. The Morgan fingerprint density at radius 3 is 2.00 bits per heavy atom. The van der Waals surface area contributed by atoms with Crippen LogP contribution in [0.1, 0.15) is 17.5 Å². The predicted molar refractivity (Wildman–Crippen MR) is 86.6 cm³/mol. The number of hydrogen-bond donors (Lipinski definition) is 1. The van der Waals surface area contributed by atoms with Crippen molar-refractivity contribution in [3.05, 3.63) is 77.0 Å². The molecule has 1 heterocycles. The Bertz CT molecular complexity index is 533. The van der Waals surface area contributed by atoms with Gasteiger partial charge in [-0.2, -0.15) is 0 Å². The minimum absolute atomic E-state index is 0.214. The van der Waals surface area contributed by atoms with Gasteiger partial charge in [-0.25, -0.2) is 0 Å². The number of halogens is 1. The molecule has 1 aliphatic heterocycles. The molecule has 1 N–H and O–H groups in total. The molecule has 0 radical (unpaired) electrons. The van der Waals surface area contributed by atoms with Crippen molar-refractivity contribution in [2.75, 3.05) is 19.0 Å². The molecule has 2 nitrogen and oxygen atoms in total. The number of hydrogen-bond acceptors (Lipinski definition) is 1. The Morgan fingerprint density at radius 2 is 1.52 bits per heavy atom. The molecule has 0 amide bonds. The summed E-state index contributed by atoms with van der Waals surface area (Å²) in [6.07, 6.45) is 0.872. The molecule has 3 rings (SSSR count). The van der Waals surface area contributed by atoms with Gasteiger partial charge in [0, 0.05) is 11.8 Å². The van der Waals surface area contributed by atoms with E-state index in [9.17, 15) is 5.21 Å². The Balaban J connectivity index is 2.15. The van der Waals surface area contributed by atoms with Crippen LogP contribution in [0.2, 0.25) is 0 Å². The zero-order valence-electron chi connectivity index (χ0n) is 12.0. The van der Waals surface area contributed by atoms with Gasteiger partial charge in [-0.15, -0.1) is 11.6 Å². The second kappa shape index (κ2) is 6.18. The highest BCUT2D eigenvalue weighted by Crippen LogP contribution is 2.41. The maximum atomic E-state index is 12.2. The number of hydroxylamine groups is 2. The van der Waals surface area contributed by atoms with Gasteiger partial charge < -0.3 is 10.3 Å². The molecule has 1 saturated heterocycles. The maximum Gasteiger partial charge on any atom is 0.0912 e. The Hall–Kier alpha value is -1.35. The third kappa shape index (κ3) is 2.59. The van der Waals surface area contributed by atoms with Crippen LogP contribution >= 0.6 is 11.6 Å². The second-order valence-corrected chi connectivity index (χ2v) is 6.18. The molecule has 110 valence electrons. The van der Waals surface area contributed by atoms with Gasteiger partial charge in [0.05, 0.1) is 18.5 Å². The minimum atomic E-state index is -0.214. The molecule has 1 aliphatic rings. The molecule has 2 aromatic rings. The quantitative estimate of drug-likeness (QED) is 0.682. The number of benzene rings is 2. The fourth-order valence-corrected chi connectivity index (χ4v) is 4.03. The monoisotopic (exact) mass is 301 g/mol. The summed E-state index contributed by atoms with van der Waals surface area (Å²) in [6.45, 7) is 1.22. The average Bonchev–Trinajstić information content (AvgIpc) is 2.87. The molecule has 0 saturated carbocycles. The zero-order valence-corrected chi connectivity index (χ0v) is 12.7. The van der Waals surface area contributed by atoms with Crippen molar-refractivity contribution >= 4 is 11.6 Å². The van der Waals surface area contributed by atoms with Gasteiger partial charge in [0.1, 0.15) is 0 Å². The topological polar surface area (TPSA) is 27.5 Å². The van der Waals surface area contributed by atoms with Gasteiger partial charge in [0.25, 0.3) is 0 Å². The van der Waals surface area contributed by atoms with E-state index in [1.165, 1.54) is 11.1 Å². The Kier molecular flexibility index (Phi) is 4.29. The molecular formula is C18H20ClNO. The van der Waals surface area contributed by atoms with Gasteiger partial charge in [0.2, 0.25) is 0 Å². The first-order valence-corrected chi connectivity index (χ1v) is 7.99. The molecule has 2 atom stereocenters. The van der Waals surface area contributed by atoms with E-state index in [-0.39, 0.29) is 11.3 Å². The second-order valence-electron chi connectivity index (χ2n) is 5.80. The summed E-state index contributed by atoms with van der Waals surface area (Å²) in [6, 6.07) is 20.9. The van der Waals surface area contributed by atoms with E-state index in [0.717, 1.165) is 6.42 Å². The fourth-order valence-electron chi connectivity index (χ4n) is 3.77. The van der Waals surface area contributed by atoms with Crippen LogP contribution in [-0.4, -0.2) is 19.0 Å². The van der Waals surface area contributed by atoms with Crippen LogP contribution in [-0.2, 0) is 5.41 Å². The smallest absolute Gasteiger partial charge is 0.0912 e. The highest BCUT2D eigenvalue weighted by Gasteiger charge is 2.49. The van der Waals surface area contributed by atoms with Crippen LogP contribution in [0.25, 0.3) is 0 Å². The molecule has 2 unspecified atom stereocenters. The molecule has 21 heavy (non-hydrogen) atoms. The lowest BCUT2D eigenvalue weighted by molar-refractivity contribution is -0.837. The molecule has 0 aliphatic carbocycles. The zero-order chi connectivity index (χ0) is 14.7. The largest absolute Gasteiger partial charge is 0.634 e. The fraction of sp³-hybridized carbons (Fsp3) is 0.333. The van der Waals surface area contributed by atoms with Crippen molar-refractivity contribution in [1.29, 1.82) is 0 Å². The summed E-state index contributed by atoms with van der Waals surface area (Å²) in [5.74, 6) is 0.881. The van der Waals surface area contributed by atoms with Crippen LogP contribution in [0, 0.1) is 11.1 Å². The third-order valence-electron chi connectivity index (χ3n) is 4.68. The SMILES string of the molecule is [O-][NH+]1CC(CCCl)C(c2ccccc2)(c2ccccc2)C1. The molecule has 0 bridgehead atoms. The highest BCUT2D eigenvalue weighted by molar-refractivity contribution is 6.17. The highest BCUT2D eigenvalue weighted by atomic mass is 35.5. The summed E-state index contributed by atoms with van der Waals surface area (Å²) in [5.41, 5.74) is 2.25. The van der Waals surface area contributed by atoms with Crippen LogP contribution in [0.3, 0.4) is 0 Å². The summed E-state index contributed by atoms with van der Waals surface area (Å²) in [5, 5.41) is 12.6. The maximum absolute atomic E-state index is 12.2. The van der Waals surface area contributed by atoms with Crippen molar-refractivity contribution in [3.8, 4) is 0 Å². The first-order valence-electron chi connectivity index (χ1n) is 7.46. The van der Waals surface area contributed by atoms with E-state index in [0.29, 0.717) is 24.0 Å². The van der Waals surface area contributed by atoms with Gasteiger partial charge >= 0.3 is 0 Å². The third-order valence-corrected chi connectivity index (χ3v) is 4.90. The van der Waals surface area contributed by atoms with Gasteiger partial charge in [-0.05, 0) is 17.5 Å². The average molecular weight is 302 g/mol. The lowest BCUT2D eigenvalue weighted by Gasteiger charge is -2.33. The van der Waals surface area contributed by atoms with Gasteiger partial charge in [-0.1, -0.05) is 60.7 Å². The van der Waals surface area contributed by atoms with E-state index in [1.54, 1.807) is 0 Å². The van der Waals surface area contributed by atoms with Crippen LogP contribution in [0.5, 0.6) is 0 Å². The summed E-state index contributed by atoms with van der Waals surface area (Å²) < 4.78 is 0. The molecular weight excluding hydrogens is 282 g/mol. The van der Waals surface area contributed by atoms with Gasteiger partial charge in [-0.3, -0.25) is 0 Å². The van der Waals surface area contributed by atoms with E-state index in [2.05, 4.69) is 48.5 Å². The van der Waals surface area contributed by atoms with E-state index < -0.39 is 0 Å². The van der Waals surface area contributed by atoms with Crippen LogP contribution in [0.4, 0.5) is 0 Å². The van der Waals surface area contributed by atoms with E-state index in [1.807, 2.05) is 12.1 Å². The minimum Gasteiger partial charge on any atom is -0.634 e. The first kappa shape index (κ1) is 14.6. The van der Waals surface area contributed by atoms with E-state index >= 15 is 0 Å². The van der Waals surface area contributed by atoms with Crippen molar-refractivity contribution < 1.29 is 5.06 Å². The number of quaternary nitrogens is 1. The Morgan fingerprint density at radius 1 is 1.00 bits per heavy atom. The number of rotatable bonds is 4. The molecule has 2 aromatic carbocycles. The summed E-state index contributed by atoms with van der Waals surface area (Å²) >= 11 is 6.02. The van der Waals surface area contributed by atoms with Crippen molar-refractivity contribution in [1.82, 2.24) is 0 Å². The van der Waals surface area contributed by atoms with Crippen molar-refractivity contribution in [2.45, 2.75) is 11.8 Å². The van der Waals surface area contributed by atoms with Crippen LogP contribution < -0.4 is 5.06 Å². The number of nitrogens with one attached hydrogen (secondary N) is 1. The van der Waals surface area contributed by atoms with Gasteiger partial charge in [0.15, 0.2) is 0 Å². The number of alkyl halides is 1. The van der Waals surface area contributed by atoms with Crippen molar-refractivity contribution in [2.24, 2.45) is 5.92 Å². The van der Waals surface area contributed by atoms with E-state index in [4.69, 9.17) is 11.6 Å². The molecule has 0 spiro atoms. The van der Waals surface area contributed by atoms with Crippen LogP contribution in [0.15, 0.2) is 60.7 Å². The Labute approximate surface area is 130 Å². The molecule has 1 fully saturated rings. The van der Waals surface area contributed by atoms with Crippen molar-refractivity contribution in [3.63, 3.8) is 0 Å². The lowest BCUT2D eigenvalue weighted by Crippen LogP contribution is -3.05. The summed E-state index contributed by atoms with van der Waals surface area (Å²) in [4.78, 5) is 0. The normalized spacial score (nSPS) is 24.1. The standard InChI is InChI=1S/C18H20ClNO/c19-12-11-17-13-20(21)14-18(17,15-7-3-1-4-8-15)16-9-5-2-6-10-16/h1-10,17,20H,11-14H2.